The summed E-state index contributed by atoms with van der Waals surface area (Å²) in [6.45, 7) is 27.7. The van der Waals surface area contributed by atoms with E-state index in [0.29, 0.717) is 0 Å². The van der Waals surface area contributed by atoms with Crippen LogP contribution in [0.2, 0.25) is 0 Å². The van der Waals surface area contributed by atoms with Gasteiger partial charge in [-0.1, -0.05) is 204 Å². The van der Waals surface area contributed by atoms with Gasteiger partial charge >= 0.3 is 0 Å². The second kappa shape index (κ2) is 20.7. The van der Waals surface area contributed by atoms with Crippen molar-refractivity contribution in [3.8, 4) is 33.8 Å². The topological polar surface area (TPSA) is 18.5 Å². The highest BCUT2D eigenvalue weighted by atomic mass is 16.5. The van der Waals surface area contributed by atoms with Crippen molar-refractivity contribution in [2.75, 3.05) is 14.2 Å². The fourth-order valence-corrected chi connectivity index (χ4v) is 11.5. The maximum absolute atomic E-state index is 6.45. The normalized spacial score (nSPS) is 13.9. The average molecular weight is 979 g/mol. The molecule has 2 aliphatic rings. The number of hydrogen-bond donors (Lipinski definition) is 0. The van der Waals surface area contributed by atoms with Crippen LogP contribution in [-0.4, -0.2) is 14.2 Å². The van der Waals surface area contributed by atoms with Gasteiger partial charge in [0.15, 0.2) is 0 Å². The molecule has 2 aliphatic carbocycles. The smallest absolute Gasteiger partial charge is 0.127 e. The Balaban J connectivity index is 1.17. The number of fused-ring (bicyclic) bond motifs is 2. The molecule has 0 saturated heterocycles. The Morgan fingerprint density at radius 2 is 0.622 bits per heavy atom. The Labute approximate surface area is 446 Å². The van der Waals surface area contributed by atoms with E-state index in [9.17, 15) is 0 Å². The molecule has 0 bridgehead atoms. The van der Waals surface area contributed by atoms with Crippen molar-refractivity contribution >= 4 is 23.3 Å². The van der Waals surface area contributed by atoms with Crippen molar-refractivity contribution in [3.63, 3.8) is 0 Å². The maximum Gasteiger partial charge on any atom is 0.127 e. The molecule has 0 N–H and O–H groups in total. The summed E-state index contributed by atoms with van der Waals surface area (Å²) in [7, 11) is 3.66. The minimum absolute atomic E-state index is 0.0358. The highest BCUT2D eigenvalue weighted by Crippen LogP contribution is 2.47. The van der Waals surface area contributed by atoms with E-state index in [1.165, 1.54) is 113 Å². The lowest BCUT2D eigenvalue weighted by atomic mass is 9.79. The molecule has 0 aromatic heterocycles. The van der Waals surface area contributed by atoms with Crippen LogP contribution in [0.3, 0.4) is 0 Å². The molecule has 0 radical (unpaired) electrons. The van der Waals surface area contributed by atoms with E-state index in [-0.39, 0.29) is 21.7 Å². The second-order valence-electron chi connectivity index (χ2n) is 25.4. The SMILES string of the molecule is COc1cc(-c2ccc(C=C(c3cccc(C(C)(C)C)c3)c3cccc(C(C)(C)C)c3)c3c2CCCC3)c(OC)cc1-c1ccc(C=C(c2cccc(C(C)(C)C)c2)c2cccc(C(C)(C)C)c2)c2c1CCCC2. The van der Waals surface area contributed by atoms with Gasteiger partial charge in [0, 0.05) is 11.1 Å². The molecule has 9 rings (SSSR count). The van der Waals surface area contributed by atoms with Gasteiger partial charge in [0.05, 0.1) is 14.2 Å². The molecule has 382 valence electrons. The van der Waals surface area contributed by atoms with E-state index < -0.39 is 0 Å². The van der Waals surface area contributed by atoms with Crippen molar-refractivity contribution in [1.29, 1.82) is 0 Å². The number of hydrogen-bond acceptors (Lipinski definition) is 2. The molecule has 0 aliphatic heterocycles. The molecule has 2 nitrogen and oxygen atoms in total. The standard InChI is InChI=1S/C72H82O2/c1-69(2,3)53-27-19-23-47(39-53)63(48-24-20-28-54(40-48)70(4,5)6)43-51-35-37-61(59-33-17-15-31-57(51)59)65-45-68(74-14)66(46-67(65)73-13)62-38-36-52(58-32-16-18-34-60(58)62)44-64(49-25-21-29-55(41-49)71(7,8)9)50-26-22-30-56(42-50)72(10,11)12/h19-30,35-46H,15-18,31-34H2,1-14H3. The van der Waals surface area contributed by atoms with Crippen LogP contribution in [0, 0.1) is 0 Å². The van der Waals surface area contributed by atoms with Crippen molar-refractivity contribution in [1.82, 2.24) is 0 Å². The first kappa shape index (κ1) is 52.5. The van der Waals surface area contributed by atoms with Crippen LogP contribution in [0.15, 0.2) is 133 Å². The highest BCUT2D eigenvalue weighted by molar-refractivity contribution is 5.95. The Morgan fingerprint density at radius 1 is 0.338 bits per heavy atom. The van der Waals surface area contributed by atoms with Gasteiger partial charge in [0.2, 0.25) is 0 Å². The van der Waals surface area contributed by atoms with E-state index in [1.807, 2.05) is 14.2 Å². The largest absolute Gasteiger partial charge is 0.496 e. The summed E-state index contributed by atoms with van der Waals surface area (Å²) >= 11 is 0. The van der Waals surface area contributed by atoms with Gasteiger partial charge in [-0.05, 0) is 197 Å². The van der Waals surface area contributed by atoms with E-state index in [4.69, 9.17) is 9.47 Å². The van der Waals surface area contributed by atoms with Crippen molar-refractivity contribution in [3.05, 3.63) is 211 Å². The fraction of sp³-hybridized carbons (Fsp3) is 0.361. The Bertz CT molecular complexity index is 2930. The van der Waals surface area contributed by atoms with Crippen LogP contribution in [0.25, 0.3) is 45.6 Å². The van der Waals surface area contributed by atoms with Gasteiger partial charge in [0.25, 0.3) is 0 Å². The van der Waals surface area contributed by atoms with Crippen molar-refractivity contribution in [2.45, 2.75) is 156 Å². The Morgan fingerprint density at radius 3 is 0.892 bits per heavy atom. The van der Waals surface area contributed by atoms with Gasteiger partial charge in [0.1, 0.15) is 11.5 Å². The molecule has 2 heteroatoms. The third-order valence-corrected chi connectivity index (χ3v) is 16.0. The number of benzene rings is 7. The van der Waals surface area contributed by atoms with Gasteiger partial charge in [-0.3, -0.25) is 0 Å². The number of methoxy groups -OCH3 is 2. The van der Waals surface area contributed by atoms with E-state index in [1.54, 1.807) is 0 Å². The molecular weight excluding hydrogens is 897 g/mol. The quantitative estimate of drug-likeness (QED) is 0.127. The summed E-state index contributed by atoms with van der Waals surface area (Å²) in [5, 5.41) is 0. The van der Waals surface area contributed by atoms with Crippen LogP contribution in [0.1, 0.15) is 187 Å². The van der Waals surface area contributed by atoms with E-state index in [2.05, 4.69) is 229 Å². The lowest BCUT2D eigenvalue weighted by molar-refractivity contribution is 0.406. The molecule has 74 heavy (non-hydrogen) atoms. The van der Waals surface area contributed by atoms with E-state index in [0.717, 1.165) is 61.2 Å². The van der Waals surface area contributed by atoms with Gasteiger partial charge in [-0.2, -0.15) is 0 Å². The first-order valence-electron chi connectivity index (χ1n) is 27.6. The van der Waals surface area contributed by atoms with Crippen molar-refractivity contribution in [2.24, 2.45) is 0 Å². The molecule has 0 fully saturated rings. The Kier molecular flexibility index (Phi) is 14.7. The molecule has 0 atom stereocenters. The Hall–Kier alpha value is -6.38. The van der Waals surface area contributed by atoms with Gasteiger partial charge in [-0.25, -0.2) is 0 Å². The third-order valence-electron chi connectivity index (χ3n) is 16.0. The highest BCUT2D eigenvalue weighted by Gasteiger charge is 2.27. The minimum Gasteiger partial charge on any atom is -0.496 e. The monoisotopic (exact) mass is 979 g/mol. The van der Waals surface area contributed by atoms with Crippen LogP contribution < -0.4 is 9.47 Å². The molecule has 0 saturated carbocycles. The molecule has 0 amide bonds. The first-order valence-corrected chi connectivity index (χ1v) is 27.6. The summed E-state index contributed by atoms with van der Waals surface area (Å²) in [5.41, 5.74) is 26.0. The van der Waals surface area contributed by atoms with E-state index >= 15 is 0 Å². The molecule has 0 unspecified atom stereocenters. The lowest BCUT2D eigenvalue weighted by Crippen LogP contribution is -2.12. The number of ether oxygens (including phenoxy) is 2. The summed E-state index contributed by atoms with van der Waals surface area (Å²) < 4.78 is 12.9. The summed E-state index contributed by atoms with van der Waals surface area (Å²) in [6, 6.07) is 50.8. The van der Waals surface area contributed by atoms with Crippen LogP contribution in [0.5, 0.6) is 11.5 Å². The first-order chi connectivity index (χ1) is 35.1. The molecule has 0 heterocycles. The average Bonchev–Trinajstić information content (AvgIpc) is 3.38. The number of rotatable bonds is 10. The minimum atomic E-state index is 0.0358. The zero-order chi connectivity index (χ0) is 52.7. The third kappa shape index (κ3) is 11.0. The van der Waals surface area contributed by atoms with Gasteiger partial charge < -0.3 is 9.47 Å². The molecule has 7 aromatic carbocycles. The summed E-state index contributed by atoms with van der Waals surface area (Å²) in [6.07, 6.45) is 13.8. The molecule has 0 spiro atoms. The lowest BCUT2D eigenvalue weighted by Gasteiger charge is -2.26. The zero-order valence-electron chi connectivity index (χ0n) is 47.3. The van der Waals surface area contributed by atoms with Gasteiger partial charge in [-0.15, -0.1) is 0 Å². The molecule has 7 aromatic rings. The van der Waals surface area contributed by atoms with Crippen molar-refractivity contribution < 1.29 is 9.47 Å². The van der Waals surface area contributed by atoms with Crippen LogP contribution in [0.4, 0.5) is 0 Å². The predicted molar refractivity (Wildman–Crippen MR) is 318 cm³/mol. The zero-order valence-corrected chi connectivity index (χ0v) is 47.3. The fourth-order valence-electron chi connectivity index (χ4n) is 11.5. The summed E-state index contributed by atoms with van der Waals surface area (Å²) in [4.78, 5) is 0. The summed E-state index contributed by atoms with van der Waals surface area (Å²) in [5.74, 6) is 1.76. The second-order valence-corrected chi connectivity index (χ2v) is 25.4. The predicted octanol–water partition coefficient (Wildman–Crippen LogP) is 19.2. The molecular formula is C72H82O2. The van der Waals surface area contributed by atoms with Crippen LogP contribution >= 0.6 is 0 Å². The maximum atomic E-state index is 6.45. The van der Waals surface area contributed by atoms with Crippen LogP contribution in [-0.2, 0) is 47.3 Å².